The highest BCUT2D eigenvalue weighted by molar-refractivity contribution is 6.45. The highest BCUT2D eigenvalue weighted by Crippen LogP contribution is 2.13. The lowest BCUT2D eigenvalue weighted by Crippen LogP contribution is -2.28. The summed E-state index contributed by atoms with van der Waals surface area (Å²) in [7, 11) is 0. The number of nitrogens with zero attached hydrogens (tertiary/aromatic N) is 1. The normalized spacial score (nSPS) is 26.1. The zero-order valence-electron chi connectivity index (χ0n) is 8.28. The first kappa shape index (κ1) is 10.1. The summed E-state index contributed by atoms with van der Waals surface area (Å²) in [6.45, 7) is 2.11. The van der Waals surface area contributed by atoms with Gasteiger partial charge in [-0.2, -0.15) is 0 Å². The summed E-state index contributed by atoms with van der Waals surface area (Å²) in [5.41, 5.74) is 0. The molecule has 2 heterocycles. The predicted molar refractivity (Wildman–Crippen MR) is 52.1 cm³/mol. The minimum Gasteiger partial charge on any atom is -0.381 e. The van der Waals surface area contributed by atoms with Crippen LogP contribution in [0.2, 0.25) is 0 Å². The second-order valence-corrected chi connectivity index (χ2v) is 3.68. The van der Waals surface area contributed by atoms with Gasteiger partial charge in [0.25, 0.3) is 0 Å². The van der Waals surface area contributed by atoms with Crippen molar-refractivity contribution in [3.8, 4) is 0 Å². The van der Waals surface area contributed by atoms with Gasteiger partial charge in [0, 0.05) is 19.1 Å². The molecule has 0 spiro atoms. The maximum atomic E-state index is 10.8. The molecule has 2 N–H and O–H groups in total. The molecule has 2 aliphatic heterocycles. The Balaban J connectivity index is 1.83. The molecule has 0 saturated carbocycles. The van der Waals surface area contributed by atoms with E-state index in [1.807, 2.05) is 0 Å². The third-order valence-electron chi connectivity index (χ3n) is 2.43. The maximum Gasteiger partial charge on any atom is 0.316 e. The van der Waals surface area contributed by atoms with Gasteiger partial charge in [0.15, 0.2) is 0 Å². The smallest absolute Gasteiger partial charge is 0.316 e. The number of guanidine groups is 1. The SMILES string of the molecule is O=C1NC(=NCC2CCCOC2)NC1=O. The van der Waals surface area contributed by atoms with E-state index >= 15 is 0 Å². The molecule has 0 aromatic rings. The van der Waals surface area contributed by atoms with Gasteiger partial charge in [-0.25, -0.2) is 0 Å². The van der Waals surface area contributed by atoms with E-state index < -0.39 is 11.8 Å². The minimum absolute atomic E-state index is 0.260. The summed E-state index contributed by atoms with van der Waals surface area (Å²) in [6, 6.07) is 0. The van der Waals surface area contributed by atoms with Gasteiger partial charge in [-0.05, 0) is 12.8 Å². The van der Waals surface area contributed by atoms with Crippen LogP contribution in [0.25, 0.3) is 0 Å². The molecule has 2 fully saturated rings. The summed E-state index contributed by atoms with van der Waals surface area (Å²) in [4.78, 5) is 25.7. The number of amides is 2. The summed E-state index contributed by atoms with van der Waals surface area (Å²) in [5, 5.41) is 4.71. The Morgan fingerprint density at radius 1 is 1.33 bits per heavy atom. The van der Waals surface area contributed by atoms with Crippen molar-refractivity contribution in [1.29, 1.82) is 0 Å². The van der Waals surface area contributed by atoms with Gasteiger partial charge in [-0.3, -0.25) is 25.2 Å². The molecule has 0 aromatic carbocycles. The van der Waals surface area contributed by atoms with Crippen LogP contribution < -0.4 is 10.6 Å². The molecule has 2 aliphatic rings. The van der Waals surface area contributed by atoms with Crippen molar-refractivity contribution < 1.29 is 14.3 Å². The molecule has 15 heavy (non-hydrogen) atoms. The van der Waals surface area contributed by atoms with Gasteiger partial charge in [-0.1, -0.05) is 0 Å². The third kappa shape index (κ3) is 2.53. The van der Waals surface area contributed by atoms with Crippen LogP contribution in [0.1, 0.15) is 12.8 Å². The van der Waals surface area contributed by atoms with Crippen molar-refractivity contribution in [3.63, 3.8) is 0 Å². The average molecular weight is 211 g/mol. The highest BCUT2D eigenvalue weighted by atomic mass is 16.5. The van der Waals surface area contributed by atoms with Crippen molar-refractivity contribution in [2.45, 2.75) is 12.8 Å². The van der Waals surface area contributed by atoms with Gasteiger partial charge in [-0.15, -0.1) is 0 Å². The molecule has 2 rings (SSSR count). The standard InChI is InChI=1S/C9H13N3O3/c13-7-8(14)12-9(11-7)10-4-6-2-1-3-15-5-6/h6H,1-5H2,(H2,10,11,12,13,14). The van der Waals surface area contributed by atoms with Crippen LogP contribution in [-0.4, -0.2) is 37.5 Å². The van der Waals surface area contributed by atoms with Gasteiger partial charge in [0.05, 0.1) is 6.61 Å². The average Bonchev–Trinajstić information content (AvgIpc) is 2.57. The monoisotopic (exact) mass is 211 g/mol. The first-order valence-corrected chi connectivity index (χ1v) is 5.00. The number of hydrogen-bond donors (Lipinski definition) is 2. The van der Waals surface area contributed by atoms with Crippen LogP contribution in [0.4, 0.5) is 0 Å². The summed E-state index contributed by atoms with van der Waals surface area (Å²) in [6.07, 6.45) is 2.13. The van der Waals surface area contributed by atoms with Crippen molar-refractivity contribution in [3.05, 3.63) is 0 Å². The fourth-order valence-electron chi connectivity index (χ4n) is 1.61. The first-order chi connectivity index (χ1) is 7.25. The van der Waals surface area contributed by atoms with Crippen molar-refractivity contribution in [2.24, 2.45) is 10.9 Å². The second-order valence-electron chi connectivity index (χ2n) is 3.68. The molecule has 6 heteroatoms. The molecule has 6 nitrogen and oxygen atoms in total. The molecule has 0 aliphatic carbocycles. The first-order valence-electron chi connectivity index (χ1n) is 5.00. The van der Waals surface area contributed by atoms with Gasteiger partial charge in [0.1, 0.15) is 0 Å². The predicted octanol–water partition coefficient (Wildman–Crippen LogP) is -0.985. The van der Waals surface area contributed by atoms with Crippen LogP contribution in [0.3, 0.4) is 0 Å². The van der Waals surface area contributed by atoms with Crippen molar-refractivity contribution in [1.82, 2.24) is 10.6 Å². The molecule has 82 valence electrons. The van der Waals surface area contributed by atoms with E-state index in [0.717, 1.165) is 19.4 Å². The van der Waals surface area contributed by atoms with Crippen LogP contribution in [0, 0.1) is 5.92 Å². The van der Waals surface area contributed by atoms with Gasteiger partial charge in [0.2, 0.25) is 5.96 Å². The molecular weight excluding hydrogens is 198 g/mol. The van der Waals surface area contributed by atoms with E-state index in [2.05, 4.69) is 15.6 Å². The van der Waals surface area contributed by atoms with Crippen LogP contribution in [0.15, 0.2) is 4.99 Å². The van der Waals surface area contributed by atoms with Gasteiger partial charge >= 0.3 is 11.8 Å². The van der Waals surface area contributed by atoms with Crippen molar-refractivity contribution in [2.75, 3.05) is 19.8 Å². The van der Waals surface area contributed by atoms with Crippen LogP contribution in [0.5, 0.6) is 0 Å². The lowest BCUT2D eigenvalue weighted by atomic mass is 10.0. The minimum atomic E-state index is -0.645. The van der Waals surface area contributed by atoms with E-state index in [0.29, 0.717) is 19.1 Å². The Morgan fingerprint density at radius 3 is 2.67 bits per heavy atom. The summed E-state index contributed by atoms with van der Waals surface area (Å²) in [5.74, 6) is -0.640. The quantitative estimate of drug-likeness (QED) is 0.576. The van der Waals surface area contributed by atoms with E-state index in [4.69, 9.17) is 4.74 Å². The maximum absolute atomic E-state index is 10.8. The molecule has 1 atom stereocenters. The zero-order chi connectivity index (χ0) is 10.7. The molecule has 0 bridgehead atoms. The molecule has 1 unspecified atom stereocenters. The molecule has 0 radical (unpaired) electrons. The van der Waals surface area contributed by atoms with Gasteiger partial charge < -0.3 is 4.74 Å². The fraction of sp³-hybridized carbons (Fsp3) is 0.667. The fourth-order valence-corrected chi connectivity index (χ4v) is 1.61. The second kappa shape index (κ2) is 4.39. The Hall–Kier alpha value is -1.43. The largest absolute Gasteiger partial charge is 0.381 e. The van der Waals surface area contributed by atoms with E-state index in [-0.39, 0.29) is 5.96 Å². The Bertz CT molecular complexity index is 290. The number of hydrogen-bond acceptors (Lipinski definition) is 4. The Morgan fingerprint density at radius 2 is 2.07 bits per heavy atom. The third-order valence-corrected chi connectivity index (χ3v) is 2.43. The summed E-state index contributed by atoms with van der Waals surface area (Å²) < 4.78 is 5.30. The van der Waals surface area contributed by atoms with Crippen molar-refractivity contribution >= 4 is 17.8 Å². The number of rotatable bonds is 2. The van der Waals surface area contributed by atoms with Crippen LogP contribution in [-0.2, 0) is 14.3 Å². The van der Waals surface area contributed by atoms with Crippen LogP contribution >= 0.6 is 0 Å². The number of carbonyl (C=O) groups excluding carboxylic acids is 2. The van der Waals surface area contributed by atoms with E-state index in [1.165, 1.54) is 0 Å². The Labute approximate surface area is 87.1 Å². The molecular formula is C9H13N3O3. The summed E-state index contributed by atoms with van der Waals surface area (Å²) >= 11 is 0. The molecule has 0 aromatic heterocycles. The number of aliphatic imine (C=N–C) groups is 1. The zero-order valence-corrected chi connectivity index (χ0v) is 8.28. The number of ether oxygens (including phenoxy) is 1. The topological polar surface area (TPSA) is 79.8 Å². The Kier molecular flexibility index (Phi) is 2.96. The highest BCUT2D eigenvalue weighted by Gasteiger charge is 2.25. The molecule has 2 amide bonds. The lowest BCUT2D eigenvalue weighted by molar-refractivity contribution is -0.135. The van der Waals surface area contributed by atoms with E-state index in [9.17, 15) is 9.59 Å². The van der Waals surface area contributed by atoms with E-state index in [1.54, 1.807) is 0 Å². The number of carbonyl (C=O) groups is 2. The molecule has 2 saturated heterocycles. The lowest BCUT2D eigenvalue weighted by Gasteiger charge is -2.20. The number of nitrogens with one attached hydrogen (secondary N) is 2.